The van der Waals surface area contributed by atoms with Crippen molar-refractivity contribution in [2.75, 3.05) is 18.9 Å². The third kappa shape index (κ3) is 7.29. The number of hydrogen-bond acceptors (Lipinski definition) is 4. The van der Waals surface area contributed by atoms with Crippen molar-refractivity contribution in [1.29, 1.82) is 0 Å². The highest BCUT2D eigenvalue weighted by atomic mass is 32.2. The molecule has 4 nitrogen and oxygen atoms in total. The average Bonchev–Trinajstić information content (AvgIpc) is 2.41. The number of unbranched alkanes of at least 4 members (excludes halogenated alkanes) is 3. The van der Waals surface area contributed by atoms with Gasteiger partial charge in [-0.2, -0.15) is 0 Å². The molecule has 0 aliphatic rings. The smallest absolute Gasteiger partial charge is 0.230 e. The lowest BCUT2D eigenvalue weighted by atomic mass is 10.2. The molecule has 1 rings (SSSR count). The van der Waals surface area contributed by atoms with Crippen molar-refractivity contribution in [3.05, 3.63) is 24.5 Å². The molecule has 0 unspecified atom stereocenters. The van der Waals surface area contributed by atoms with Gasteiger partial charge in [0.15, 0.2) is 0 Å². The summed E-state index contributed by atoms with van der Waals surface area (Å²) in [5.74, 6) is 0.514. The van der Waals surface area contributed by atoms with E-state index in [2.05, 4.69) is 10.3 Å². The van der Waals surface area contributed by atoms with Gasteiger partial charge in [-0.3, -0.25) is 9.78 Å². The number of rotatable bonds is 9. The molecule has 1 aromatic rings. The molecule has 0 radical (unpaired) electrons. The molecule has 0 spiro atoms. The zero-order chi connectivity index (χ0) is 13.1. The number of hydrogen-bond donors (Lipinski definition) is 2. The summed E-state index contributed by atoms with van der Waals surface area (Å²) in [4.78, 5) is 16.5. The van der Waals surface area contributed by atoms with Crippen molar-refractivity contribution < 1.29 is 9.90 Å². The molecule has 2 N–H and O–H groups in total. The number of carbonyl (C=O) groups excluding carboxylic acids is 1. The summed E-state index contributed by atoms with van der Waals surface area (Å²) < 4.78 is 0. The van der Waals surface area contributed by atoms with Gasteiger partial charge in [0, 0.05) is 30.4 Å². The van der Waals surface area contributed by atoms with E-state index in [1.54, 1.807) is 12.4 Å². The number of aliphatic hydroxyl groups is 1. The lowest BCUT2D eigenvalue weighted by molar-refractivity contribution is -0.118. The molecule has 18 heavy (non-hydrogen) atoms. The number of nitrogens with zero attached hydrogens (tertiary/aromatic N) is 1. The second-order valence-corrected chi connectivity index (χ2v) is 5.01. The Kier molecular flexibility index (Phi) is 8.25. The molecule has 0 aliphatic carbocycles. The fourth-order valence-electron chi connectivity index (χ4n) is 1.45. The Balaban J connectivity index is 2.01. The molecule has 0 fully saturated rings. The first-order chi connectivity index (χ1) is 8.83. The normalized spacial score (nSPS) is 10.3. The van der Waals surface area contributed by atoms with Crippen LogP contribution < -0.4 is 5.32 Å². The molecule has 100 valence electrons. The molecule has 1 heterocycles. The number of carbonyl (C=O) groups is 1. The number of aliphatic hydroxyl groups excluding tert-OH is 1. The van der Waals surface area contributed by atoms with E-state index in [0.29, 0.717) is 5.75 Å². The van der Waals surface area contributed by atoms with Crippen LogP contribution in [0.1, 0.15) is 25.7 Å². The van der Waals surface area contributed by atoms with Gasteiger partial charge >= 0.3 is 0 Å². The van der Waals surface area contributed by atoms with Crippen LogP contribution in [0.4, 0.5) is 0 Å². The van der Waals surface area contributed by atoms with Crippen LogP contribution in [0.5, 0.6) is 0 Å². The fourth-order valence-corrected chi connectivity index (χ4v) is 2.17. The largest absolute Gasteiger partial charge is 0.396 e. The summed E-state index contributed by atoms with van der Waals surface area (Å²) in [6.45, 7) is 0.982. The van der Waals surface area contributed by atoms with Gasteiger partial charge in [-0.25, -0.2) is 0 Å². The molecule has 0 atom stereocenters. The molecule has 0 aliphatic heterocycles. The van der Waals surface area contributed by atoms with Crippen LogP contribution in [0.15, 0.2) is 29.4 Å². The van der Waals surface area contributed by atoms with Crippen molar-refractivity contribution in [1.82, 2.24) is 10.3 Å². The molecular weight excluding hydrogens is 248 g/mol. The van der Waals surface area contributed by atoms with Gasteiger partial charge in [0.05, 0.1) is 5.75 Å². The third-order valence-corrected chi connectivity index (χ3v) is 3.44. The zero-order valence-corrected chi connectivity index (χ0v) is 11.3. The Hall–Kier alpha value is -1.07. The SMILES string of the molecule is O=C(CSc1ccncc1)NCCCCCCO. The highest BCUT2D eigenvalue weighted by Gasteiger charge is 2.01. The molecule has 1 amide bonds. The first kappa shape index (κ1) is 15.0. The van der Waals surface area contributed by atoms with E-state index < -0.39 is 0 Å². The summed E-state index contributed by atoms with van der Waals surface area (Å²) in [5, 5.41) is 11.5. The van der Waals surface area contributed by atoms with Crippen molar-refractivity contribution in [3.63, 3.8) is 0 Å². The maximum atomic E-state index is 11.5. The van der Waals surface area contributed by atoms with Crippen LogP contribution in [-0.4, -0.2) is 34.9 Å². The summed E-state index contributed by atoms with van der Waals surface area (Å²) in [6.07, 6.45) is 7.36. The predicted molar refractivity (Wildman–Crippen MR) is 73.5 cm³/mol. The van der Waals surface area contributed by atoms with Crippen molar-refractivity contribution >= 4 is 17.7 Å². The van der Waals surface area contributed by atoms with Crippen molar-refractivity contribution in [2.45, 2.75) is 30.6 Å². The van der Waals surface area contributed by atoms with Gasteiger partial charge in [0.1, 0.15) is 0 Å². The Morgan fingerprint density at radius 3 is 2.67 bits per heavy atom. The number of thioether (sulfide) groups is 1. The maximum absolute atomic E-state index is 11.5. The van der Waals surface area contributed by atoms with E-state index in [0.717, 1.165) is 37.1 Å². The van der Waals surface area contributed by atoms with Gasteiger partial charge in [-0.15, -0.1) is 11.8 Å². The van der Waals surface area contributed by atoms with E-state index in [9.17, 15) is 4.79 Å². The summed E-state index contributed by atoms with van der Waals surface area (Å²) in [6, 6.07) is 3.79. The number of pyridine rings is 1. The maximum Gasteiger partial charge on any atom is 0.230 e. The van der Waals surface area contributed by atoms with Gasteiger partial charge in [-0.05, 0) is 25.0 Å². The molecule has 0 aromatic carbocycles. The Morgan fingerprint density at radius 1 is 1.22 bits per heavy atom. The van der Waals surface area contributed by atoms with Gasteiger partial charge in [0.2, 0.25) is 5.91 Å². The minimum atomic E-state index is 0.0685. The minimum Gasteiger partial charge on any atom is -0.396 e. The van der Waals surface area contributed by atoms with Crippen LogP contribution >= 0.6 is 11.8 Å². The first-order valence-electron chi connectivity index (χ1n) is 6.23. The summed E-state index contributed by atoms with van der Waals surface area (Å²) in [5.41, 5.74) is 0. The Labute approximate surface area is 112 Å². The van der Waals surface area contributed by atoms with Gasteiger partial charge < -0.3 is 10.4 Å². The quantitative estimate of drug-likeness (QED) is 0.530. The van der Waals surface area contributed by atoms with E-state index >= 15 is 0 Å². The topological polar surface area (TPSA) is 62.2 Å². The van der Waals surface area contributed by atoms with Crippen LogP contribution in [0.25, 0.3) is 0 Å². The standard InChI is InChI=1S/C13H20N2O2S/c16-10-4-2-1-3-7-15-13(17)11-18-12-5-8-14-9-6-12/h5-6,8-9,16H,1-4,7,10-11H2,(H,15,17). The van der Waals surface area contributed by atoms with Gasteiger partial charge in [0.25, 0.3) is 0 Å². The highest BCUT2D eigenvalue weighted by molar-refractivity contribution is 8.00. The summed E-state index contributed by atoms with van der Waals surface area (Å²) >= 11 is 1.52. The Morgan fingerprint density at radius 2 is 1.94 bits per heavy atom. The molecular formula is C13H20N2O2S. The van der Waals surface area contributed by atoms with Gasteiger partial charge in [-0.1, -0.05) is 12.8 Å². The lowest BCUT2D eigenvalue weighted by Gasteiger charge is -2.04. The third-order valence-electron chi connectivity index (χ3n) is 2.43. The Bertz CT molecular complexity index is 333. The monoisotopic (exact) mass is 268 g/mol. The molecule has 0 bridgehead atoms. The summed E-state index contributed by atoms with van der Waals surface area (Å²) in [7, 11) is 0. The van der Waals surface area contributed by atoms with Crippen LogP contribution in [0.3, 0.4) is 0 Å². The number of amides is 1. The molecule has 0 saturated carbocycles. The molecule has 1 aromatic heterocycles. The lowest BCUT2D eigenvalue weighted by Crippen LogP contribution is -2.26. The van der Waals surface area contributed by atoms with E-state index in [-0.39, 0.29) is 12.5 Å². The number of aromatic nitrogens is 1. The van der Waals surface area contributed by atoms with E-state index in [1.807, 2.05) is 12.1 Å². The molecule has 0 saturated heterocycles. The predicted octanol–water partition coefficient (Wildman–Crippen LogP) is 1.84. The highest BCUT2D eigenvalue weighted by Crippen LogP contribution is 2.15. The van der Waals surface area contributed by atoms with Crippen molar-refractivity contribution in [3.8, 4) is 0 Å². The molecule has 5 heteroatoms. The fraction of sp³-hybridized carbons (Fsp3) is 0.538. The zero-order valence-electron chi connectivity index (χ0n) is 10.5. The second kappa shape index (κ2) is 9.91. The van der Waals surface area contributed by atoms with E-state index in [1.165, 1.54) is 11.8 Å². The first-order valence-corrected chi connectivity index (χ1v) is 7.22. The van der Waals surface area contributed by atoms with Crippen molar-refractivity contribution in [2.24, 2.45) is 0 Å². The average molecular weight is 268 g/mol. The minimum absolute atomic E-state index is 0.0685. The van der Waals surface area contributed by atoms with E-state index in [4.69, 9.17) is 5.11 Å². The van der Waals surface area contributed by atoms with Crippen LogP contribution in [-0.2, 0) is 4.79 Å². The van der Waals surface area contributed by atoms with Crippen LogP contribution in [0, 0.1) is 0 Å². The van der Waals surface area contributed by atoms with Crippen LogP contribution in [0.2, 0.25) is 0 Å². The number of nitrogens with one attached hydrogen (secondary N) is 1. The second-order valence-electron chi connectivity index (χ2n) is 3.96.